The van der Waals surface area contributed by atoms with E-state index in [-0.39, 0.29) is 64.3 Å². The number of para-hydroxylation sites is 1. The van der Waals surface area contributed by atoms with Crippen molar-refractivity contribution in [3.8, 4) is 5.75 Å². The number of carbonyl (C=O) groups is 6. The van der Waals surface area contributed by atoms with Gasteiger partial charge < -0.3 is 50.8 Å². The van der Waals surface area contributed by atoms with Crippen LogP contribution in [0.3, 0.4) is 0 Å². The van der Waals surface area contributed by atoms with Crippen LogP contribution in [0.2, 0.25) is 0 Å². The fourth-order valence-corrected chi connectivity index (χ4v) is 11.1. The van der Waals surface area contributed by atoms with Crippen LogP contribution in [0, 0.1) is 5.92 Å². The molecule has 394 valence electrons. The van der Waals surface area contributed by atoms with E-state index in [0.717, 1.165) is 70.2 Å². The molecule has 6 aromatic rings. The molecule has 16 heteroatoms. The topological polar surface area (TPSA) is 203 Å². The zero-order valence-electron chi connectivity index (χ0n) is 42.6. The van der Waals surface area contributed by atoms with Crippen LogP contribution in [0.5, 0.6) is 5.75 Å². The highest BCUT2D eigenvalue weighted by molar-refractivity contribution is 5.99. The number of ether oxygens (including phenoxy) is 2. The summed E-state index contributed by atoms with van der Waals surface area (Å²) >= 11 is 0. The van der Waals surface area contributed by atoms with Crippen LogP contribution in [-0.4, -0.2) is 119 Å². The summed E-state index contributed by atoms with van der Waals surface area (Å²) in [4.78, 5) is 97.4. The predicted molar refractivity (Wildman–Crippen MR) is 286 cm³/mol. The number of aromatic nitrogens is 1. The lowest BCUT2D eigenvalue weighted by Gasteiger charge is -2.43. The number of hydrogen-bond acceptors (Lipinski definition) is 9. The van der Waals surface area contributed by atoms with Crippen molar-refractivity contribution in [1.82, 2.24) is 41.4 Å². The van der Waals surface area contributed by atoms with E-state index in [1.54, 1.807) is 0 Å². The van der Waals surface area contributed by atoms with E-state index in [1.807, 2.05) is 140 Å². The minimum atomic E-state index is -1.21. The predicted octanol–water partition coefficient (Wildman–Crippen LogP) is 4.69. The Balaban J connectivity index is 1.03. The normalized spacial score (nSPS) is 23.2. The third-order valence-corrected chi connectivity index (χ3v) is 15.3. The molecule has 0 unspecified atom stereocenters. The van der Waals surface area contributed by atoms with E-state index < -0.39 is 71.7 Å². The number of nitrogens with one attached hydrogen (secondary N) is 6. The zero-order valence-corrected chi connectivity index (χ0v) is 42.6. The first kappa shape index (κ1) is 51.7. The number of aryl methyl sites for hydroxylation is 1. The Morgan fingerprint density at radius 2 is 1.21 bits per heavy atom. The number of fused-ring (bicyclic) bond motifs is 4. The maximum absolute atomic E-state index is 15.7. The van der Waals surface area contributed by atoms with E-state index in [4.69, 9.17) is 9.47 Å². The number of aromatic amines is 1. The number of hydrogen-bond donors (Lipinski definition) is 6. The second kappa shape index (κ2) is 24.2. The van der Waals surface area contributed by atoms with Gasteiger partial charge in [0.15, 0.2) is 0 Å². The molecule has 1 aromatic heterocycles. The highest BCUT2D eigenvalue weighted by Gasteiger charge is 2.45. The summed E-state index contributed by atoms with van der Waals surface area (Å²) in [6.07, 6.45) is 4.43. The first-order valence-electron chi connectivity index (χ1n) is 26.7. The molecule has 0 spiro atoms. The number of carbonyl (C=O) groups excluding carboxylic acids is 6. The number of piperidine rings is 1. The second-order valence-electron chi connectivity index (χ2n) is 20.5. The Morgan fingerprint density at radius 3 is 1.99 bits per heavy atom. The lowest BCUT2D eigenvalue weighted by Crippen LogP contribution is -2.65. The number of amides is 6. The van der Waals surface area contributed by atoms with E-state index in [0.29, 0.717) is 18.8 Å². The van der Waals surface area contributed by atoms with Gasteiger partial charge in [-0.1, -0.05) is 115 Å². The van der Waals surface area contributed by atoms with Gasteiger partial charge in [-0.2, -0.15) is 0 Å². The molecule has 6 N–H and O–H groups in total. The summed E-state index contributed by atoms with van der Waals surface area (Å²) < 4.78 is 12.0. The molecule has 5 aromatic carbocycles. The lowest BCUT2D eigenvalue weighted by atomic mass is 9.89. The molecule has 3 fully saturated rings. The average Bonchev–Trinajstić information content (AvgIpc) is 3.89. The highest BCUT2D eigenvalue weighted by atomic mass is 16.5. The second-order valence-corrected chi connectivity index (χ2v) is 20.5. The molecule has 10 rings (SSSR count). The van der Waals surface area contributed by atoms with Crippen LogP contribution < -0.4 is 31.3 Å². The summed E-state index contributed by atoms with van der Waals surface area (Å²) in [7, 11) is 0. The summed E-state index contributed by atoms with van der Waals surface area (Å²) in [6.45, 7) is 1.97. The Morgan fingerprint density at radius 1 is 0.566 bits per heavy atom. The largest absolute Gasteiger partial charge is 0.489 e. The van der Waals surface area contributed by atoms with Crippen LogP contribution in [0.25, 0.3) is 10.9 Å². The molecule has 6 amide bonds. The number of rotatable bonds is 12. The van der Waals surface area contributed by atoms with E-state index in [9.17, 15) is 9.59 Å². The summed E-state index contributed by atoms with van der Waals surface area (Å²) in [5.74, 6) is -2.62. The third-order valence-electron chi connectivity index (χ3n) is 15.3. The molecule has 0 aliphatic carbocycles. The number of morpholine rings is 1. The molecule has 6 atom stereocenters. The number of H-pyrrole nitrogens is 1. The van der Waals surface area contributed by atoms with Crippen molar-refractivity contribution in [2.45, 2.75) is 101 Å². The first-order chi connectivity index (χ1) is 37.1. The van der Waals surface area contributed by atoms with Gasteiger partial charge in [-0.25, -0.2) is 0 Å². The van der Waals surface area contributed by atoms with Crippen molar-refractivity contribution in [3.05, 3.63) is 173 Å². The molecule has 0 saturated carbocycles. The number of nitrogens with zero attached hydrogens (tertiary/aromatic N) is 2. The summed E-state index contributed by atoms with van der Waals surface area (Å²) in [5.41, 5.74) is 6.02. The van der Waals surface area contributed by atoms with Crippen LogP contribution in [0.4, 0.5) is 0 Å². The fourth-order valence-electron chi connectivity index (χ4n) is 11.1. The van der Waals surface area contributed by atoms with Gasteiger partial charge in [0.2, 0.25) is 35.4 Å². The van der Waals surface area contributed by atoms with Gasteiger partial charge in [0.1, 0.15) is 48.6 Å². The van der Waals surface area contributed by atoms with E-state index >= 15 is 19.2 Å². The minimum Gasteiger partial charge on any atom is -0.489 e. The number of benzene rings is 5. The fraction of sp³-hybridized carbons (Fsp3) is 0.367. The average molecular weight is 1030 g/mol. The molecule has 76 heavy (non-hydrogen) atoms. The van der Waals surface area contributed by atoms with Gasteiger partial charge in [-0.15, -0.1) is 0 Å². The monoisotopic (exact) mass is 1030 g/mol. The molecule has 0 bridgehead atoms. The van der Waals surface area contributed by atoms with Crippen molar-refractivity contribution in [2.24, 2.45) is 5.92 Å². The molecular weight excluding hydrogens is 961 g/mol. The van der Waals surface area contributed by atoms with E-state index in [2.05, 4.69) is 31.6 Å². The van der Waals surface area contributed by atoms with E-state index in [1.165, 1.54) is 9.80 Å². The Bertz CT molecular complexity index is 3000. The molecule has 4 aliphatic rings. The van der Waals surface area contributed by atoms with Gasteiger partial charge in [0.25, 0.3) is 0 Å². The smallest absolute Gasteiger partial charge is 0.246 e. The molecule has 0 radical (unpaired) electrons. The van der Waals surface area contributed by atoms with Crippen molar-refractivity contribution < 1.29 is 38.2 Å². The van der Waals surface area contributed by atoms with Gasteiger partial charge in [-0.3, -0.25) is 28.8 Å². The quantitative estimate of drug-likeness (QED) is 0.101. The summed E-state index contributed by atoms with van der Waals surface area (Å²) in [6, 6.07) is 35.2. The highest BCUT2D eigenvalue weighted by Crippen LogP contribution is 2.29. The molecule has 16 nitrogen and oxygen atoms in total. The Hall–Kier alpha value is -7.82. The SMILES string of the molecule is O=C1N[C@@H](Cc2ccc(OCc3ccccc3)cc2)C(=O)N2Cc3ccccc3C[C@H]2C(=O)N2CCOC[C@H]2C(=O)N[C@@H](CCc2ccccc2)C(=O)N[C@H](Cc2c[nH]c3ccccc23)C(=O)N[C@H]1CC1CCNCC1. The van der Waals surface area contributed by atoms with Gasteiger partial charge >= 0.3 is 0 Å². The van der Waals surface area contributed by atoms with Crippen LogP contribution in [-0.2, 0) is 72.3 Å². The summed E-state index contributed by atoms with van der Waals surface area (Å²) in [5, 5.41) is 16.4. The molecule has 4 aliphatic heterocycles. The van der Waals surface area contributed by atoms with Crippen LogP contribution in [0.15, 0.2) is 140 Å². The van der Waals surface area contributed by atoms with Crippen LogP contribution in [0.1, 0.15) is 59.1 Å². The molecule has 3 saturated heterocycles. The minimum absolute atomic E-state index is 0.0445. The Labute approximate surface area is 442 Å². The maximum atomic E-state index is 15.7. The molecule has 5 heterocycles. The van der Waals surface area contributed by atoms with Gasteiger partial charge in [0, 0.05) is 49.5 Å². The van der Waals surface area contributed by atoms with Gasteiger partial charge in [0.05, 0.1) is 13.2 Å². The maximum Gasteiger partial charge on any atom is 0.246 e. The standard InChI is InChI=1S/C60H66N8O8/c69-55-49(24-21-39-11-3-1-4-12-39)63-58(72)54-38-75-30-29-67(54)60(74)53-34-43-15-7-8-16-44(43)36-68(53)59(73)52(32-40-19-22-46(23-20-40)76-37-42-13-5-2-6-14-42)66-56(70)50(31-41-25-27-61-28-26-41)64-57(71)51(65-55)33-45-35-62-48-18-10-9-17-47(45)48/h1-20,22-23,35,41,49-54,61-62H,21,24-34,36-38H2,(H,63,72)(H,64,71)(H,65,69)(H,66,70)/t49-,50-,51+,52-,53-,54-/m0/s1. The van der Waals surface area contributed by atoms with Crippen molar-refractivity contribution >= 4 is 46.3 Å². The van der Waals surface area contributed by atoms with Crippen molar-refractivity contribution in [3.63, 3.8) is 0 Å². The Kier molecular flexibility index (Phi) is 16.5. The third kappa shape index (κ3) is 12.5. The van der Waals surface area contributed by atoms with Gasteiger partial charge in [-0.05, 0) is 103 Å². The van der Waals surface area contributed by atoms with Crippen molar-refractivity contribution in [1.29, 1.82) is 0 Å². The molecular formula is C60H66N8O8. The first-order valence-corrected chi connectivity index (χ1v) is 26.7. The lowest BCUT2D eigenvalue weighted by molar-refractivity contribution is -0.157. The van der Waals surface area contributed by atoms with Crippen LogP contribution >= 0.6 is 0 Å². The zero-order chi connectivity index (χ0) is 52.4. The van der Waals surface area contributed by atoms with Crippen molar-refractivity contribution in [2.75, 3.05) is 32.8 Å².